The van der Waals surface area contributed by atoms with E-state index in [1.54, 1.807) is 26.0 Å². The summed E-state index contributed by atoms with van der Waals surface area (Å²) in [6.07, 6.45) is 0.588. The molecule has 0 bridgehead atoms. The minimum absolute atomic E-state index is 0.109. The number of fused-ring (bicyclic) bond motifs is 1. The molecule has 0 radical (unpaired) electrons. The van der Waals surface area contributed by atoms with E-state index in [2.05, 4.69) is 5.32 Å². The molecule has 33 heavy (non-hydrogen) atoms. The Balaban J connectivity index is 1.46. The number of benzene rings is 3. The first-order valence-corrected chi connectivity index (χ1v) is 10.7. The summed E-state index contributed by atoms with van der Waals surface area (Å²) in [7, 11) is 4.75. The van der Waals surface area contributed by atoms with Crippen LogP contribution in [-0.2, 0) is 17.8 Å². The molecule has 0 fully saturated rings. The van der Waals surface area contributed by atoms with Crippen molar-refractivity contribution in [1.82, 2.24) is 15.1 Å². The molecule has 4 aromatic rings. The highest BCUT2D eigenvalue weighted by Crippen LogP contribution is 2.39. The number of methoxy groups -OCH3 is 3. The predicted molar refractivity (Wildman–Crippen MR) is 128 cm³/mol. The minimum atomic E-state index is -0.109. The van der Waals surface area contributed by atoms with Crippen molar-refractivity contribution in [1.29, 1.82) is 0 Å². The van der Waals surface area contributed by atoms with Crippen LogP contribution < -0.4 is 19.5 Å². The van der Waals surface area contributed by atoms with Gasteiger partial charge in [0.1, 0.15) is 12.2 Å². The van der Waals surface area contributed by atoms with Crippen LogP contribution in [0, 0.1) is 0 Å². The van der Waals surface area contributed by atoms with Crippen LogP contribution in [0.15, 0.2) is 66.7 Å². The van der Waals surface area contributed by atoms with Gasteiger partial charge in [0.25, 0.3) is 0 Å². The van der Waals surface area contributed by atoms with Crippen molar-refractivity contribution in [3.05, 3.63) is 72.3 Å². The van der Waals surface area contributed by atoms with E-state index in [-0.39, 0.29) is 12.5 Å². The van der Waals surface area contributed by atoms with Gasteiger partial charge in [0.2, 0.25) is 11.7 Å². The van der Waals surface area contributed by atoms with Crippen LogP contribution in [0.5, 0.6) is 17.2 Å². The van der Waals surface area contributed by atoms with E-state index < -0.39 is 0 Å². The van der Waals surface area contributed by atoms with Gasteiger partial charge in [-0.05, 0) is 18.6 Å². The van der Waals surface area contributed by atoms with Crippen molar-refractivity contribution < 1.29 is 19.0 Å². The number of para-hydroxylation sites is 1. The Kier molecular flexibility index (Phi) is 6.78. The van der Waals surface area contributed by atoms with E-state index in [0.717, 1.165) is 27.7 Å². The zero-order chi connectivity index (χ0) is 23.2. The van der Waals surface area contributed by atoms with Crippen LogP contribution in [0.4, 0.5) is 0 Å². The number of amides is 1. The van der Waals surface area contributed by atoms with Gasteiger partial charge in [0, 0.05) is 23.1 Å². The van der Waals surface area contributed by atoms with E-state index in [1.807, 2.05) is 66.7 Å². The van der Waals surface area contributed by atoms with Crippen LogP contribution >= 0.6 is 0 Å². The molecule has 0 aliphatic heterocycles. The summed E-state index contributed by atoms with van der Waals surface area (Å²) in [4.78, 5) is 12.7. The Hall–Kier alpha value is -4.00. The predicted octanol–water partition coefficient (Wildman–Crippen LogP) is 4.09. The highest BCUT2D eigenvalue weighted by Gasteiger charge is 2.17. The third-order valence-electron chi connectivity index (χ3n) is 5.50. The van der Waals surface area contributed by atoms with Crippen molar-refractivity contribution in [2.75, 3.05) is 27.9 Å². The molecule has 1 N–H and O–H groups in total. The lowest BCUT2D eigenvalue weighted by atomic mass is 10.1. The fourth-order valence-corrected chi connectivity index (χ4v) is 3.95. The Morgan fingerprint density at radius 1 is 0.879 bits per heavy atom. The van der Waals surface area contributed by atoms with Crippen LogP contribution in [0.2, 0.25) is 0 Å². The first-order valence-electron chi connectivity index (χ1n) is 10.7. The Bertz CT molecular complexity index is 1250. The molecular weight excluding hydrogens is 418 g/mol. The highest BCUT2D eigenvalue weighted by atomic mass is 16.5. The minimum Gasteiger partial charge on any atom is -0.493 e. The maximum Gasteiger partial charge on any atom is 0.241 e. The summed E-state index contributed by atoms with van der Waals surface area (Å²) in [5, 5.41) is 8.74. The van der Waals surface area contributed by atoms with Crippen molar-refractivity contribution in [2.45, 2.75) is 13.0 Å². The maximum atomic E-state index is 12.7. The molecule has 7 nitrogen and oxygen atoms in total. The van der Waals surface area contributed by atoms with Gasteiger partial charge >= 0.3 is 0 Å². The third-order valence-corrected chi connectivity index (χ3v) is 5.50. The molecule has 1 amide bonds. The number of nitrogens with one attached hydrogen (secondary N) is 1. The number of rotatable bonds is 9. The lowest BCUT2D eigenvalue weighted by Crippen LogP contribution is -2.29. The molecule has 3 aromatic carbocycles. The van der Waals surface area contributed by atoms with Crippen LogP contribution in [-0.4, -0.2) is 43.6 Å². The van der Waals surface area contributed by atoms with Crippen molar-refractivity contribution >= 4 is 16.8 Å². The number of carbonyl (C=O) groups is 1. The fraction of sp³-hybridized carbons (Fsp3) is 0.231. The second-order valence-electron chi connectivity index (χ2n) is 7.48. The Morgan fingerprint density at radius 2 is 1.61 bits per heavy atom. The number of ether oxygens (including phenoxy) is 3. The van der Waals surface area contributed by atoms with Gasteiger partial charge in [0.15, 0.2) is 11.5 Å². The van der Waals surface area contributed by atoms with E-state index in [0.29, 0.717) is 30.2 Å². The number of nitrogens with zero attached hydrogens (tertiary/aromatic N) is 2. The summed E-state index contributed by atoms with van der Waals surface area (Å²) >= 11 is 0. The van der Waals surface area contributed by atoms with Gasteiger partial charge in [-0.1, -0.05) is 54.6 Å². The summed E-state index contributed by atoms with van der Waals surface area (Å²) in [6, 6.07) is 21.7. The van der Waals surface area contributed by atoms with E-state index in [1.165, 1.54) is 0 Å². The van der Waals surface area contributed by atoms with Gasteiger partial charge in [-0.3, -0.25) is 9.48 Å². The van der Waals surface area contributed by atoms with Crippen molar-refractivity contribution in [2.24, 2.45) is 0 Å². The van der Waals surface area contributed by atoms with Gasteiger partial charge in [-0.25, -0.2) is 0 Å². The summed E-state index contributed by atoms with van der Waals surface area (Å²) in [5.41, 5.74) is 3.74. The zero-order valence-electron chi connectivity index (χ0n) is 19.0. The zero-order valence-corrected chi connectivity index (χ0v) is 19.0. The van der Waals surface area contributed by atoms with Gasteiger partial charge in [-0.2, -0.15) is 5.10 Å². The van der Waals surface area contributed by atoms with Gasteiger partial charge in [0.05, 0.1) is 26.8 Å². The monoisotopic (exact) mass is 445 g/mol. The van der Waals surface area contributed by atoms with Gasteiger partial charge in [-0.15, -0.1) is 0 Å². The van der Waals surface area contributed by atoms with Crippen LogP contribution in [0.1, 0.15) is 5.56 Å². The normalized spacial score (nSPS) is 10.8. The van der Waals surface area contributed by atoms with E-state index in [9.17, 15) is 4.79 Å². The molecule has 0 saturated carbocycles. The van der Waals surface area contributed by atoms with Crippen molar-refractivity contribution in [3.8, 4) is 28.5 Å². The molecule has 1 heterocycles. The summed E-state index contributed by atoms with van der Waals surface area (Å²) in [6.45, 7) is 0.589. The molecule has 0 saturated heterocycles. The molecule has 0 spiro atoms. The second kappa shape index (κ2) is 10.1. The maximum absolute atomic E-state index is 12.7. The first kappa shape index (κ1) is 22.2. The number of hydrogen-bond donors (Lipinski definition) is 1. The summed E-state index contributed by atoms with van der Waals surface area (Å²) < 4.78 is 18.0. The molecule has 0 unspecified atom stereocenters. The molecule has 7 heteroatoms. The lowest BCUT2D eigenvalue weighted by molar-refractivity contribution is -0.121. The second-order valence-corrected chi connectivity index (χ2v) is 7.48. The number of aromatic nitrogens is 2. The molecule has 4 rings (SSSR count). The Labute approximate surface area is 192 Å². The van der Waals surface area contributed by atoms with E-state index >= 15 is 0 Å². The van der Waals surface area contributed by atoms with Crippen LogP contribution in [0.3, 0.4) is 0 Å². The standard InChI is InChI=1S/C26H27N3O4/c1-31-22-14-13-19(25(32-2)26(22)33-3)15-16-27-23(30)17-29-21-12-8-7-11-20(21)24(28-29)18-9-5-4-6-10-18/h4-14H,15-17H2,1-3H3,(H,27,30). The first-order chi connectivity index (χ1) is 16.2. The SMILES string of the molecule is COc1ccc(CCNC(=O)Cn2nc(-c3ccccc3)c3ccccc32)c(OC)c1OC. The quantitative estimate of drug-likeness (QED) is 0.420. The molecular formula is C26H27N3O4. The van der Waals surface area contributed by atoms with Crippen molar-refractivity contribution in [3.63, 3.8) is 0 Å². The lowest BCUT2D eigenvalue weighted by Gasteiger charge is -2.16. The molecule has 170 valence electrons. The average molecular weight is 446 g/mol. The molecule has 1 aromatic heterocycles. The van der Waals surface area contributed by atoms with E-state index in [4.69, 9.17) is 19.3 Å². The number of hydrogen-bond acceptors (Lipinski definition) is 5. The highest BCUT2D eigenvalue weighted by molar-refractivity contribution is 5.94. The molecule has 0 atom stereocenters. The number of carbonyl (C=O) groups excluding carboxylic acids is 1. The molecule has 0 aliphatic rings. The van der Waals surface area contributed by atoms with Crippen LogP contribution in [0.25, 0.3) is 22.2 Å². The Morgan fingerprint density at radius 3 is 2.33 bits per heavy atom. The molecule has 0 aliphatic carbocycles. The third kappa shape index (κ3) is 4.62. The largest absolute Gasteiger partial charge is 0.493 e. The van der Waals surface area contributed by atoms with Gasteiger partial charge < -0.3 is 19.5 Å². The smallest absolute Gasteiger partial charge is 0.241 e. The average Bonchev–Trinajstić information content (AvgIpc) is 3.22. The fourth-order valence-electron chi connectivity index (χ4n) is 3.95. The summed E-state index contributed by atoms with van der Waals surface area (Å²) in [5.74, 6) is 1.64. The topological polar surface area (TPSA) is 74.6 Å².